The number of carbonyl (C=O) groups is 1. The first-order valence-corrected chi connectivity index (χ1v) is 7.85. The lowest BCUT2D eigenvalue weighted by atomic mass is 10.00. The Bertz CT molecular complexity index is 519. The number of para-hydroxylation sites is 1. The van der Waals surface area contributed by atoms with Crippen molar-refractivity contribution in [1.82, 2.24) is 4.90 Å². The first kappa shape index (κ1) is 15.8. The molecule has 1 atom stereocenters. The fourth-order valence-corrected chi connectivity index (χ4v) is 2.94. The van der Waals surface area contributed by atoms with Crippen LogP contribution in [0.25, 0.3) is 0 Å². The van der Waals surface area contributed by atoms with Crippen molar-refractivity contribution in [3.63, 3.8) is 0 Å². The maximum atomic E-state index is 12.4. The predicted octanol–water partition coefficient (Wildman–Crippen LogP) is 2.49. The van der Waals surface area contributed by atoms with E-state index in [9.17, 15) is 4.79 Å². The Morgan fingerprint density at radius 1 is 1.43 bits per heavy atom. The smallest absolute Gasteiger partial charge is 0.260 e. The van der Waals surface area contributed by atoms with E-state index in [1.165, 1.54) is 6.42 Å². The zero-order chi connectivity index (χ0) is 15.2. The highest BCUT2D eigenvalue weighted by Crippen LogP contribution is 2.21. The first-order chi connectivity index (χ1) is 10.1. The second-order valence-electron chi connectivity index (χ2n) is 5.29. The minimum absolute atomic E-state index is 0.0378. The Labute approximate surface area is 131 Å². The highest BCUT2D eigenvalue weighted by atomic mass is 32.1. The molecular formula is C16H22N2O2S. The van der Waals surface area contributed by atoms with Crippen LogP contribution in [0.2, 0.25) is 0 Å². The number of hydrogen-bond acceptors (Lipinski definition) is 3. The van der Waals surface area contributed by atoms with Crippen molar-refractivity contribution in [3.05, 3.63) is 29.8 Å². The molecule has 0 aliphatic carbocycles. The average molecular weight is 306 g/mol. The van der Waals surface area contributed by atoms with E-state index in [0.29, 0.717) is 17.4 Å². The number of rotatable bonds is 5. The lowest BCUT2D eigenvalue weighted by Gasteiger charge is -2.35. The van der Waals surface area contributed by atoms with Gasteiger partial charge in [0.25, 0.3) is 5.91 Å². The molecule has 21 heavy (non-hydrogen) atoms. The number of piperidine rings is 1. The van der Waals surface area contributed by atoms with Crippen molar-refractivity contribution >= 4 is 23.1 Å². The summed E-state index contributed by atoms with van der Waals surface area (Å²) < 4.78 is 5.65. The summed E-state index contributed by atoms with van der Waals surface area (Å²) in [5, 5.41) is 0. The topological polar surface area (TPSA) is 55.6 Å². The Morgan fingerprint density at radius 2 is 2.19 bits per heavy atom. The quantitative estimate of drug-likeness (QED) is 0.849. The van der Waals surface area contributed by atoms with E-state index in [4.69, 9.17) is 22.7 Å². The number of likely N-dealkylation sites (tertiary alicyclic amines) is 1. The maximum Gasteiger partial charge on any atom is 0.260 e. The van der Waals surface area contributed by atoms with E-state index in [0.717, 1.165) is 25.8 Å². The molecule has 2 N–H and O–H groups in total. The number of benzene rings is 1. The second kappa shape index (κ2) is 7.41. The molecule has 4 nitrogen and oxygen atoms in total. The molecule has 0 spiro atoms. The van der Waals surface area contributed by atoms with Crippen LogP contribution in [-0.2, 0) is 4.79 Å². The molecule has 1 unspecified atom stereocenters. The number of ether oxygens (including phenoxy) is 1. The molecule has 1 amide bonds. The normalized spacial score (nSPS) is 18.3. The van der Waals surface area contributed by atoms with Gasteiger partial charge in [0.15, 0.2) is 6.61 Å². The van der Waals surface area contributed by atoms with E-state index < -0.39 is 0 Å². The van der Waals surface area contributed by atoms with Gasteiger partial charge in [-0.05, 0) is 37.8 Å². The monoisotopic (exact) mass is 306 g/mol. The molecule has 1 saturated heterocycles. The molecule has 0 saturated carbocycles. The number of thiocarbonyl (C=S) groups is 1. The van der Waals surface area contributed by atoms with Crippen LogP contribution in [0.1, 0.15) is 38.2 Å². The highest BCUT2D eigenvalue weighted by Gasteiger charge is 2.25. The van der Waals surface area contributed by atoms with Crippen LogP contribution >= 0.6 is 12.2 Å². The van der Waals surface area contributed by atoms with Crippen molar-refractivity contribution in [2.24, 2.45) is 5.73 Å². The Balaban J connectivity index is 1.99. The third-order valence-electron chi connectivity index (χ3n) is 3.92. The molecule has 1 aliphatic rings. The molecule has 114 valence electrons. The number of carbonyl (C=O) groups excluding carboxylic acids is 1. The van der Waals surface area contributed by atoms with Gasteiger partial charge in [0.2, 0.25) is 0 Å². The van der Waals surface area contributed by atoms with E-state index in [-0.39, 0.29) is 17.5 Å². The molecule has 1 heterocycles. The summed E-state index contributed by atoms with van der Waals surface area (Å²) in [6.07, 6.45) is 4.36. The fourth-order valence-electron chi connectivity index (χ4n) is 2.77. The molecule has 0 aromatic heterocycles. The zero-order valence-electron chi connectivity index (χ0n) is 12.4. The summed E-state index contributed by atoms with van der Waals surface area (Å²) >= 11 is 4.99. The lowest BCUT2D eigenvalue weighted by Crippen LogP contribution is -2.45. The van der Waals surface area contributed by atoms with Crippen LogP contribution in [-0.4, -0.2) is 35.0 Å². The number of hydrogen-bond donors (Lipinski definition) is 1. The average Bonchev–Trinajstić information content (AvgIpc) is 2.52. The van der Waals surface area contributed by atoms with Crippen molar-refractivity contribution in [2.75, 3.05) is 13.2 Å². The maximum absolute atomic E-state index is 12.4. The van der Waals surface area contributed by atoms with Crippen LogP contribution in [0, 0.1) is 0 Å². The summed E-state index contributed by atoms with van der Waals surface area (Å²) in [6, 6.07) is 7.63. The highest BCUT2D eigenvalue weighted by molar-refractivity contribution is 7.80. The summed E-state index contributed by atoms with van der Waals surface area (Å²) in [4.78, 5) is 14.6. The van der Waals surface area contributed by atoms with Gasteiger partial charge < -0.3 is 15.4 Å². The van der Waals surface area contributed by atoms with Crippen LogP contribution in [0.5, 0.6) is 5.75 Å². The minimum atomic E-state index is 0.0378. The van der Waals surface area contributed by atoms with E-state index >= 15 is 0 Å². The summed E-state index contributed by atoms with van der Waals surface area (Å²) in [5.41, 5.74) is 6.34. The van der Waals surface area contributed by atoms with Crippen LogP contribution in [0.3, 0.4) is 0 Å². The molecule has 1 fully saturated rings. The SMILES string of the molecule is CCC1CCCCN1C(=O)COc1ccccc1C(N)=S. The number of amides is 1. The van der Waals surface area contributed by atoms with Gasteiger partial charge >= 0.3 is 0 Å². The fraction of sp³-hybridized carbons (Fsp3) is 0.500. The molecule has 5 heteroatoms. The zero-order valence-corrected chi connectivity index (χ0v) is 13.2. The summed E-state index contributed by atoms with van der Waals surface area (Å²) in [5.74, 6) is 0.614. The summed E-state index contributed by atoms with van der Waals surface area (Å²) in [7, 11) is 0. The largest absolute Gasteiger partial charge is 0.483 e. The van der Waals surface area contributed by atoms with Gasteiger partial charge in [0, 0.05) is 12.6 Å². The van der Waals surface area contributed by atoms with Gasteiger partial charge in [0.1, 0.15) is 10.7 Å². The molecule has 0 radical (unpaired) electrons. The van der Waals surface area contributed by atoms with Crippen molar-refractivity contribution in [3.8, 4) is 5.75 Å². The van der Waals surface area contributed by atoms with Gasteiger partial charge in [-0.15, -0.1) is 0 Å². The minimum Gasteiger partial charge on any atom is -0.483 e. The third-order valence-corrected chi connectivity index (χ3v) is 4.14. The number of nitrogens with two attached hydrogens (primary N) is 1. The lowest BCUT2D eigenvalue weighted by molar-refractivity contribution is -0.137. The van der Waals surface area contributed by atoms with Crippen LogP contribution in [0.4, 0.5) is 0 Å². The number of nitrogens with zero attached hydrogens (tertiary/aromatic N) is 1. The van der Waals surface area contributed by atoms with Gasteiger partial charge in [0.05, 0.1) is 5.56 Å². The van der Waals surface area contributed by atoms with Crippen LogP contribution < -0.4 is 10.5 Å². The second-order valence-corrected chi connectivity index (χ2v) is 5.73. The molecule has 1 aliphatic heterocycles. The van der Waals surface area contributed by atoms with Gasteiger partial charge in [-0.2, -0.15) is 0 Å². The Kier molecular flexibility index (Phi) is 5.56. The molecule has 1 aromatic carbocycles. The van der Waals surface area contributed by atoms with Crippen molar-refractivity contribution in [2.45, 2.75) is 38.6 Å². The van der Waals surface area contributed by atoms with Gasteiger partial charge in [-0.1, -0.05) is 31.3 Å². The van der Waals surface area contributed by atoms with Gasteiger partial charge in [-0.25, -0.2) is 0 Å². The third kappa shape index (κ3) is 3.94. The van der Waals surface area contributed by atoms with E-state index in [1.807, 2.05) is 17.0 Å². The Hall–Kier alpha value is -1.62. The molecule has 1 aromatic rings. The van der Waals surface area contributed by atoms with Crippen LogP contribution in [0.15, 0.2) is 24.3 Å². The van der Waals surface area contributed by atoms with Crippen molar-refractivity contribution in [1.29, 1.82) is 0 Å². The molecule has 2 rings (SSSR count). The van der Waals surface area contributed by atoms with E-state index in [1.54, 1.807) is 12.1 Å². The van der Waals surface area contributed by atoms with Crippen molar-refractivity contribution < 1.29 is 9.53 Å². The van der Waals surface area contributed by atoms with Gasteiger partial charge in [-0.3, -0.25) is 4.79 Å². The molecule has 0 bridgehead atoms. The first-order valence-electron chi connectivity index (χ1n) is 7.44. The summed E-state index contributed by atoms with van der Waals surface area (Å²) in [6.45, 7) is 2.99. The Morgan fingerprint density at radius 3 is 2.90 bits per heavy atom. The van der Waals surface area contributed by atoms with E-state index in [2.05, 4.69) is 6.92 Å². The predicted molar refractivity (Wildman–Crippen MR) is 87.5 cm³/mol. The standard InChI is InChI=1S/C16H22N2O2S/c1-2-12-7-5-6-10-18(12)15(19)11-20-14-9-4-3-8-13(14)16(17)21/h3-4,8-9,12H,2,5-7,10-11H2,1H3,(H2,17,21). The molecular weight excluding hydrogens is 284 g/mol.